The number of urea groups is 1. The normalized spacial score (nSPS) is 17.5. The fraction of sp³-hybridized carbons (Fsp3) is 0.200. The molecule has 0 fully saturated rings. The summed E-state index contributed by atoms with van der Waals surface area (Å²) in [7, 11) is -3.48. The maximum Gasteiger partial charge on any atom is 0.341 e. The number of amides is 2. The lowest BCUT2D eigenvalue weighted by Crippen LogP contribution is -2.40. The lowest BCUT2D eigenvalue weighted by molar-refractivity contribution is -0.386. The quantitative estimate of drug-likeness (QED) is 0.295. The van der Waals surface area contributed by atoms with Gasteiger partial charge in [-0.1, -0.05) is 42.5 Å². The number of aromatic hydroxyl groups is 1. The Kier molecular flexibility index (Phi) is 7.11. The zero-order chi connectivity index (χ0) is 26.7. The number of nitro benzene ring substituents is 1. The maximum absolute atomic E-state index is 12.8. The molecule has 1 aliphatic heterocycles. The van der Waals surface area contributed by atoms with Gasteiger partial charge in [0.1, 0.15) is 0 Å². The zero-order valence-corrected chi connectivity index (χ0v) is 20.7. The second-order valence-corrected chi connectivity index (χ2v) is 10.1. The molecule has 1 aliphatic rings. The number of aliphatic imine (C=N–C) groups is 1. The van der Waals surface area contributed by atoms with E-state index < -0.39 is 44.4 Å². The van der Waals surface area contributed by atoms with Crippen molar-refractivity contribution in [3.05, 3.63) is 93.5 Å². The molecule has 0 spiro atoms. The van der Waals surface area contributed by atoms with Crippen LogP contribution >= 0.6 is 0 Å². The van der Waals surface area contributed by atoms with Crippen LogP contribution in [0.2, 0.25) is 0 Å². The minimum atomic E-state index is -3.48. The number of rotatable bonds is 8. The van der Waals surface area contributed by atoms with Gasteiger partial charge in [-0.2, -0.15) is 4.99 Å². The number of nitrogens with one attached hydrogen (secondary N) is 2. The molecule has 37 heavy (non-hydrogen) atoms. The van der Waals surface area contributed by atoms with Crippen LogP contribution in [0.4, 0.5) is 16.2 Å². The Morgan fingerprint density at radius 3 is 2.38 bits per heavy atom. The van der Waals surface area contributed by atoms with Gasteiger partial charge in [-0.3, -0.25) is 14.8 Å². The highest BCUT2D eigenvalue weighted by molar-refractivity contribution is 7.92. The van der Waals surface area contributed by atoms with Crippen molar-refractivity contribution < 1.29 is 28.0 Å². The van der Waals surface area contributed by atoms with Gasteiger partial charge in [0.2, 0.25) is 15.8 Å². The second kappa shape index (κ2) is 10.3. The van der Waals surface area contributed by atoms with E-state index in [9.17, 15) is 28.4 Å². The molecule has 3 aromatic rings. The molecule has 0 aliphatic carbocycles. The first-order valence-electron chi connectivity index (χ1n) is 11.2. The molecule has 0 radical (unpaired) electrons. The number of sulfonamides is 1. The highest BCUT2D eigenvalue weighted by Gasteiger charge is 2.37. The topological polar surface area (TPSA) is 160 Å². The molecule has 0 bridgehead atoms. The number of hydrogen-bond donors (Lipinski definition) is 3. The smallest absolute Gasteiger partial charge is 0.341 e. The number of ether oxygens (including phenoxy) is 1. The van der Waals surface area contributed by atoms with E-state index in [0.29, 0.717) is 22.5 Å². The molecule has 0 saturated carbocycles. The second-order valence-electron chi connectivity index (χ2n) is 8.34. The van der Waals surface area contributed by atoms with Crippen LogP contribution in [0, 0.1) is 10.1 Å². The van der Waals surface area contributed by atoms with Gasteiger partial charge in [-0.25, -0.2) is 13.2 Å². The van der Waals surface area contributed by atoms with E-state index in [1.54, 1.807) is 31.2 Å². The largest absolute Gasteiger partial charge is 0.500 e. The Balaban J connectivity index is 1.86. The molecule has 3 N–H and O–H groups in total. The fourth-order valence-electron chi connectivity index (χ4n) is 4.24. The van der Waals surface area contributed by atoms with Gasteiger partial charge in [0.05, 0.1) is 35.5 Å². The predicted molar refractivity (Wildman–Crippen MR) is 138 cm³/mol. The Morgan fingerprint density at radius 2 is 1.78 bits per heavy atom. The molecule has 1 heterocycles. The third-order valence-electron chi connectivity index (χ3n) is 5.70. The molecular weight excluding hydrogens is 500 g/mol. The molecule has 2 atom stereocenters. The Hall–Kier alpha value is -4.45. The number of anilines is 1. The van der Waals surface area contributed by atoms with E-state index in [-0.39, 0.29) is 12.4 Å². The monoisotopic (exact) mass is 524 g/mol. The lowest BCUT2D eigenvalue weighted by atomic mass is 9.80. The Morgan fingerprint density at radius 1 is 1.11 bits per heavy atom. The van der Waals surface area contributed by atoms with E-state index in [1.165, 1.54) is 12.1 Å². The van der Waals surface area contributed by atoms with Gasteiger partial charge >= 0.3 is 11.7 Å². The van der Waals surface area contributed by atoms with Gasteiger partial charge in [0, 0.05) is 11.8 Å². The number of benzene rings is 3. The summed E-state index contributed by atoms with van der Waals surface area (Å²) in [5.74, 6) is -1.25. The van der Waals surface area contributed by atoms with E-state index in [4.69, 9.17) is 4.74 Å². The maximum atomic E-state index is 12.8. The molecule has 2 amide bonds. The first kappa shape index (κ1) is 25.6. The number of hydrogen-bond acceptors (Lipinski definition) is 7. The average molecular weight is 525 g/mol. The minimum Gasteiger partial charge on any atom is -0.500 e. The van der Waals surface area contributed by atoms with Gasteiger partial charge in [-0.05, 0) is 41.8 Å². The molecular formula is C25H24N4O7S. The highest BCUT2D eigenvalue weighted by Crippen LogP contribution is 2.43. The van der Waals surface area contributed by atoms with Gasteiger partial charge < -0.3 is 15.2 Å². The van der Waals surface area contributed by atoms with Crippen molar-refractivity contribution in [3.8, 4) is 11.5 Å². The van der Waals surface area contributed by atoms with Crippen LogP contribution in [0.25, 0.3) is 0 Å². The van der Waals surface area contributed by atoms with Crippen LogP contribution in [0.15, 0.2) is 71.7 Å². The first-order chi connectivity index (χ1) is 17.6. The van der Waals surface area contributed by atoms with E-state index in [2.05, 4.69) is 15.0 Å². The average Bonchev–Trinajstić information content (AvgIpc) is 2.84. The predicted octanol–water partition coefficient (Wildman–Crippen LogP) is 4.11. The molecule has 0 saturated heterocycles. The van der Waals surface area contributed by atoms with Crippen LogP contribution < -0.4 is 14.8 Å². The summed E-state index contributed by atoms with van der Waals surface area (Å²) >= 11 is 0. The molecule has 2 unspecified atom stereocenters. The number of nitro groups is 1. The molecule has 192 valence electrons. The number of phenolic OH excluding ortho intramolecular Hbond substituents is 1. The van der Waals surface area contributed by atoms with Crippen LogP contribution in [0.1, 0.15) is 35.6 Å². The van der Waals surface area contributed by atoms with Crippen molar-refractivity contribution in [2.45, 2.75) is 18.9 Å². The Labute approximate surface area is 213 Å². The van der Waals surface area contributed by atoms with Crippen LogP contribution in [0.3, 0.4) is 0 Å². The van der Waals surface area contributed by atoms with Crippen LogP contribution in [0.5, 0.6) is 11.5 Å². The summed E-state index contributed by atoms with van der Waals surface area (Å²) < 4.78 is 31.0. The lowest BCUT2D eigenvalue weighted by Gasteiger charge is -2.33. The number of carbonyl (C=O) groups is 1. The highest BCUT2D eigenvalue weighted by atomic mass is 32.2. The minimum absolute atomic E-state index is 0.0759. The summed E-state index contributed by atoms with van der Waals surface area (Å²) in [5, 5.41) is 24.8. The molecule has 4 rings (SSSR count). The summed E-state index contributed by atoms with van der Waals surface area (Å²) in [6.07, 6.45) is 1.04. The third kappa shape index (κ3) is 5.70. The van der Waals surface area contributed by atoms with Crippen molar-refractivity contribution in [2.24, 2.45) is 4.99 Å². The van der Waals surface area contributed by atoms with Gasteiger partial charge in [-0.15, -0.1) is 0 Å². The molecule has 12 heteroatoms. The van der Waals surface area contributed by atoms with Crippen molar-refractivity contribution in [1.29, 1.82) is 0 Å². The number of carbonyl (C=O) groups excluding carboxylic acids is 1. The number of phenols is 1. The van der Waals surface area contributed by atoms with Crippen molar-refractivity contribution >= 4 is 33.1 Å². The summed E-state index contributed by atoms with van der Waals surface area (Å²) in [5.41, 5.74) is 1.86. The van der Waals surface area contributed by atoms with E-state index >= 15 is 0 Å². The summed E-state index contributed by atoms with van der Waals surface area (Å²) in [6.45, 7) is 1.84. The van der Waals surface area contributed by atoms with Crippen molar-refractivity contribution in [1.82, 2.24) is 5.32 Å². The molecule has 0 aromatic heterocycles. The van der Waals surface area contributed by atoms with Crippen LogP contribution in [-0.4, -0.2) is 43.1 Å². The van der Waals surface area contributed by atoms with Crippen molar-refractivity contribution in [3.63, 3.8) is 0 Å². The zero-order valence-electron chi connectivity index (χ0n) is 19.9. The van der Waals surface area contributed by atoms with E-state index in [1.807, 2.05) is 30.3 Å². The summed E-state index contributed by atoms with van der Waals surface area (Å²) in [6, 6.07) is 16.8. The van der Waals surface area contributed by atoms with Crippen LogP contribution in [-0.2, 0) is 10.0 Å². The first-order valence-corrected chi connectivity index (χ1v) is 13.1. The SMILES string of the molecule is CCOc1cc(C2NC(=O)N=C(c3ccc(NS(C)(=O)=O)cc3)C2c2ccccc2)cc([N+](=O)[O-])c1O. The molecule has 11 nitrogen and oxygen atoms in total. The van der Waals surface area contributed by atoms with Gasteiger partial charge in [0.15, 0.2) is 5.75 Å². The third-order valence-corrected chi connectivity index (χ3v) is 6.31. The standard InChI is InChI=1S/C25H24N4O7S/c1-3-36-20-14-17(13-19(24(20)30)29(32)33)23-21(15-7-5-4-6-8-15)22(26-25(31)27-23)16-9-11-18(12-10-16)28-37(2,34)35/h4-14,21,23,28,30H,3H2,1-2H3,(H,27,31). The van der Waals surface area contributed by atoms with Crippen molar-refractivity contribution in [2.75, 3.05) is 17.6 Å². The summed E-state index contributed by atoms with van der Waals surface area (Å²) in [4.78, 5) is 28.0. The molecule has 3 aromatic carbocycles. The number of nitrogens with zero attached hydrogens (tertiary/aromatic N) is 2. The van der Waals surface area contributed by atoms with Gasteiger partial charge in [0.25, 0.3) is 0 Å². The van der Waals surface area contributed by atoms with E-state index in [0.717, 1.165) is 11.8 Å². The fourth-order valence-corrected chi connectivity index (χ4v) is 4.80. The Bertz CT molecular complexity index is 1470.